The molecule has 0 unspecified atom stereocenters. The number of benzene rings is 1. The number of carbonyl (C=O) groups is 1. The largest absolute Gasteiger partial charge is 0.378 e. The van der Waals surface area contributed by atoms with Gasteiger partial charge in [-0.3, -0.25) is 4.79 Å². The molecule has 6 heteroatoms. The number of anilines is 2. The Kier molecular flexibility index (Phi) is 5.25. The van der Waals surface area contributed by atoms with E-state index in [1.807, 2.05) is 31.2 Å². The van der Waals surface area contributed by atoms with Crippen molar-refractivity contribution in [2.75, 3.05) is 36.5 Å². The van der Waals surface area contributed by atoms with Crippen LogP contribution < -0.4 is 10.2 Å². The zero-order chi connectivity index (χ0) is 16.1. The van der Waals surface area contributed by atoms with Crippen LogP contribution in [-0.2, 0) is 9.53 Å². The third kappa shape index (κ3) is 4.09. The molecule has 23 heavy (non-hydrogen) atoms. The number of carbonyl (C=O) groups excluding carboxylic acids is 1. The number of rotatable bonds is 5. The Hall–Kier alpha value is -1.92. The quantitative estimate of drug-likeness (QED) is 0.912. The summed E-state index contributed by atoms with van der Waals surface area (Å²) in [5.41, 5.74) is 2.87. The highest BCUT2D eigenvalue weighted by Crippen LogP contribution is 2.28. The first-order valence-electron chi connectivity index (χ1n) is 7.95. The molecular formula is C17H21N3O2S. The third-order valence-corrected chi connectivity index (χ3v) is 4.62. The van der Waals surface area contributed by atoms with Gasteiger partial charge in [-0.25, -0.2) is 4.98 Å². The minimum atomic E-state index is 0.0588. The molecule has 1 amide bonds. The van der Waals surface area contributed by atoms with Gasteiger partial charge in [-0.2, -0.15) is 0 Å². The maximum Gasteiger partial charge on any atom is 0.224 e. The zero-order valence-electron chi connectivity index (χ0n) is 13.2. The molecule has 1 aliphatic rings. The average Bonchev–Trinajstić information content (AvgIpc) is 3.07. The van der Waals surface area contributed by atoms with Gasteiger partial charge in [0.25, 0.3) is 0 Å². The molecule has 2 aromatic rings. The van der Waals surface area contributed by atoms with E-state index in [-0.39, 0.29) is 5.91 Å². The van der Waals surface area contributed by atoms with Gasteiger partial charge in [0.05, 0.1) is 18.9 Å². The van der Waals surface area contributed by atoms with Crippen molar-refractivity contribution in [3.05, 3.63) is 29.6 Å². The molecule has 1 N–H and O–H groups in total. The average molecular weight is 331 g/mol. The summed E-state index contributed by atoms with van der Waals surface area (Å²) in [4.78, 5) is 18.6. The first kappa shape index (κ1) is 16.0. The van der Waals surface area contributed by atoms with E-state index in [1.165, 1.54) is 0 Å². The number of nitrogens with one attached hydrogen (secondary N) is 1. The van der Waals surface area contributed by atoms with E-state index in [4.69, 9.17) is 9.72 Å². The summed E-state index contributed by atoms with van der Waals surface area (Å²) in [6.07, 6.45) is 1.41. The molecule has 0 saturated carbocycles. The molecule has 1 saturated heterocycles. The predicted molar refractivity (Wildman–Crippen MR) is 94.1 cm³/mol. The molecule has 1 fully saturated rings. The van der Waals surface area contributed by atoms with Crippen molar-refractivity contribution in [1.82, 2.24) is 4.98 Å². The SMILES string of the molecule is CCCC(=O)Nc1ccc(-c2csc(N3CCOCC3)n2)cc1. The monoisotopic (exact) mass is 331 g/mol. The Balaban J connectivity index is 1.67. The van der Waals surface area contributed by atoms with E-state index in [2.05, 4.69) is 15.6 Å². The highest BCUT2D eigenvalue weighted by Gasteiger charge is 2.15. The molecule has 0 spiro atoms. The van der Waals surface area contributed by atoms with Gasteiger partial charge in [-0.15, -0.1) is 11.3 Å². The molecule has 122 valence electrons. The number of aromatic nitrogens is 1. The van der Waals surface area contributed by atoms with Gasteiger partial charge in [0.15, 0.2) is 5.13 Å². The Morgan fingerprint density at radius 3 is 2.74 bits per heavy atom. The van der Waals surface area contributed by atoms with Crippen molar-refractivity contribution in [2.24, 2.45) is 0 Å². The first-order chi connectivity index (χ1) is 11.3. The number of thiazole rings is 1. The molecule has 0 radical (unpaired) electrons. The molecule has 0 atom stereocenters. The van der Waals surface area contributed by atoms with E-state index in [0.717, 1.165) is 54.8 Å². The molecular weight excluding hydrogens is 310 g/mol. The number of hydrogen-bond donors (Lipinski definition) is 1. The normalized spacial score (nSPS) is 14.7. The zero-order valence-corrected chi connectivity index (χ0v) is 14.1. The van der Waals surface area contributed by atoms with E-state index in [0.29, 0.717) is 6.42 Å². The topological polar surface area (TPSA) is 54.5 Å². The Labute approximate surface area is 140 Å². The van der Waals surface area contributed by atoms with Crippen LogP contribution in [0.2, 0.25) is 0 Å². The maximum absolute atomic E-state index is 11.6. The van der Waals surface area contributed by atoms with Crippen LogP contribution in [-0.4, -0.2) is 37.2 Å². The van der Waals surface area contributed by atoms with Gasteiger partial charge >= 0.3 is 0 Å². The van der Waals surface area contributed by atoms with Crippen molar-refractivity contribution in [1.29, 1.82) is 0 Å². The predicted octanol–water partition coefficient (Wildman–Crippen LogP) is 3.39. The lowest BCUT2D eigenvalue weighted by molar-refractivity contribution is -0.116. The lowest BCUT2D eigenvalue weighted by Crippen LogP contribution is -2.36. The smallest absolute Gasteiger partial charge is 0.224 e. The third-order valence-electron chi connectivity index (χ3n) is 3.72. The number of amides is 1. The fraction of sp³-hybridized carbons (Fsp3) is 0.412. The number of nitrogens with zero attached hydrogens (tertiary/aromatic N) is 2. The van der Waals surface area contributed by atoms with Gasteiger partial charge in [0, 0.05) is 36.1 Å². The van der Waals surface area contributed by atoms with Crippen LogP contribution in [0, 0.1) is 0 Å². The molecule has 1 aliphatic heterocycles. The summed E-state index contributed by atoms with van der Waals surface area (Å²) in [5.74, 6) is 0.0588. The van der Waals surface area contributed by atoms with E-state index < -0.39 is 0 Å². The summed E-state index contributed by atoms with van der Waals surface area (Å²) in [6, 6.07) is 7.85. The second kappa shape index (κ2) is 7.57. The second-order valence-electron chi connectivity index (χ2n) is 5.49. The highest BCUT2D eigenvalue weighted by atomic mass is 32.1. The van der Waals surface area contributed by atoms with Crippen LogP contribution in [0.4, 0.5) is 10.8 Å². The Morgan fingerprint density at radius 2 is 2.04 bits per heavy atom. The number of morpholine rings is 1. The number of hydrogen-bond acceptors (Lipinski definition) is 5. The molecule has 1 aromatic heterocycles. The van der Waals surface area contributed by atoms with E-state index >= 15 is 0 Å². The van der Waals surface area contributed by atoms with Gasteiger partial charge < -0.3 is 15.0 Å². The van der Waals surface area contributed by atoms with Crippen LogP contribution >= 0.6 is 11.3 Å². The molecule has 5 nitrogen and oxygen atoms in total. The molecule has 2 heterocycles. The Morgan fingerprint density at radius 1 is 1.30 bits per heavy atom. The minimum absolute atomic E-state index is 0.0588. The van der Waals surface area contributed by atoms with Gasteiger partial charge in [0.2, 0.25) is 5.91 Å². The summed E-state index contributed by atoms with van der Waals surface area (Å²) in [7, 11) is 0. The van der Waals surface area contributed by atoms with Gasteiger partial charge in [-0.1, -0.05) is 19.1 Å². The van der Waals surface area contributed by atoms with Crippen molar-refractivity contribution in [3.63, 3.8) is 0 Å². The second-order valence-corrected chi connectivity index (χ2v) is 6.33. The molecule has 1 aromatic carbocycles. The van der Waals surface area contributed by atoms with Crippen molar-refractivity contribution in [2.45, 2.75) is 19.8 Å². The molecule has 0 bridgehead atoms. The lowest BCUT2D eigenvalue weighted by Gasteiger charge is -2.26. The van der Waals surface area contributed by atoms with Gasteiger partial charge in [-0.05, 0) is 18.6 Å². The minimum Gasteiger partial charge on any atom is -0.378 e. The van der Waals surface area contributed by atoms with Crippen LogP contribution in [0.25, 0.3) is 11.3 Å². The highest BCUT2D eigenvalue weighted by molar-refractivity contribution is 7.14. The van der Waals surface area contributed by atoms with Crippen molar-refractivity contribution in [3.8, 4) is 11.3 Å². The van der Waals surface area contributed by atoms with E-state index in [9.17, 15) is 4.79 Å². The first-order valence-corrected chi connectivity index (χ1v) is 8.82. The standard InChI is InChI=1S/C17H21N3O2S/c1-2-3-16(21)18-14-6-4-13(5-7-14)15-12-23-17(19-15)20-8-10-22-11-9-20/h4-7,12H,2-3,8-11H2,1H3,(H,18,21). The summed E-state index contributed by atoms with van der Waals surface area (Å²) in [5, 5.41) is 6.02. The molecule has 0 aliphatic carbocycles. The summed E-state index contributed by atoms with van der Waals surface area (Å²) >= 11 is 1.66. The summed E-state index contributed by atoms with van der Waals surface area (Å²) < 4.78 is 5.38. The Bertz CT molecular complexity index is 648. The van der Waals surface area contributed by atoms with Crippen LogP contribution in [0.3, 0.4) is 0 Å². The fourth-order valence-electron chi connectivity index (χ4n) is 2.47. The molecule has 3 rings (SSSR count). The summed E-state index contributed by atoms with van der Waals surface area (Å²) in [6.45, 7) is 5.32. The van der Waals surface area contributed by atoms with Crippen molar-refractivity contribution < 1.29 is 9.53 Å². The van der Waals surface area contributed by atoms with Crippen LogP contribution in [0.1, 0.15) is 19.8 Å². The van der Waals surface area contributed by atoms with Crippen LogP contribution in [0.15, 0.2) is 29.6 Å². The maximum atomic E-state index is 11.6. The number of ether oxygens (including phenoxy) is 1. The fourth-order valence-corrected chi connectivity index (χ4v) is 3.36. The van der Waals surface area contributed by atoms with E-state index in [1.54, 1.807) is 11.3 Å². The lowest BCUT2D eigenvalue weighted by atomic mass is 10.1. The van der Waals surface area contributed by atoms with Crippen LogP contribution in [0.5, 0.6) is 0 Å². The van der Waals surface area contributed by atoms with Crippen molar-refractivity contribution >= 4 is 28.1 Å². The van der Waals surface area contributed by atoms with Gasteiger partial charge in [0.1, 0.15) is 0 Å².